The lowest BCUT2D eigenvalue weighted by molar-refractivity contribution is 0.251. The van der Waals surface area contributed by atoms with Crippen LogP contribution in [0.1, 0.15) is 29.3 Å². The van der Waals surface area contributed by atoms with E-state index in [1.165, 1.54) is 23.3 Å². The van der Waals surface area contributed by atoms with Crippen molar-refractivity contribution in [3.05, 3.63) is 58.0 Å². The summed E-state index contributed by atoms with van der Waals surface area (Å²) in [6, 6.07) is 11.8. The van der Waals surface area contributed by atoms with Gasteiger partial charge < -0.3 is 0 Å². The van der Waals surface area contributed by atoms with Crippen molar-refractivity contribution in [3.63, 3.8) is 0 Å². The molecule has 3 rings (SSSR count). The average molecular weight is 261 g/mol. The third-order valence-corrected chi connectivity index (χ3v) is 4.51. The van der Waals surface area contributed by atoms with Gasteiger partial charge >= 0.3 is 0 Å². The lowest BCUT2D eigenvalue weighted by atomic mass is 10.1. The quantitative estimate of drug-likeness (QED) is 0.799. The van der Waals surface area contributed by atoms with Crippen LogP contribution in [-0.2, 0) is 6.54 Å². The summed E-state index contributed by atoms with van der Waals surface area (Å²) in [5.41, 5.74) is 1.19. The number of likely N-dealkylation sites (tertiary alicyclic amines) is 1. The molecule has 18 heavy (non-hydrogen) atoms. The van der Waals surface area contributed by atoms with Crippen molar-refractivity contribution in [2.45, 2.75) is 25.4 Å². The first-order valence-electron chi connectivity index (χ1n) is 6.35. The van der Waals surface area contributed by atoms with E-state index in [1.54, 1.807) is 12.1 Å². The highest BCUT2D eigenvalue weighted by molar-refractivity contribution is 7.10. The molecular formula is C15H16FNS. The van der Waals surface area contributed by atoms with E-state index in [0.717, 1.165) is 13.1 Å². The van der Waals surface area contributed by atoms with Crippen molar-refractivity contribution in [2.75, 3.05) is 6.54 Å². The number of hydrogen-bond acceptors (Lipinski definition) is 2. The van der Waals surface area contributed by atoms with Crippen LogP contribution in [0.5, 0.6) is 0 Å². The van der Waals surface area contributed by atoms with Gasteiger partial charge in [0.2, 0.25) is 0 Å². The van der Waals surface area contributed by atoms with E-state index in [0.29, 0.717) is 6.04 Å². The smallest absolute Gasteiger partial charge is 0.123 e. The van der Waals surface area contributed by atoms with Crippen LogP contribution < -0.4 is 0 Å². The highest BCUT2D eigenvalue weighted by Crippen LogP contribution is 2.35. The summed E-state index contributed by atoms with van der Waals surface area (Å²) in [6.07, 6.45) is 2.49. The second-order valence-electron chi connectivity index (χ2n) is 4.77. The van der Waals surface area contributed by atoms with Gasteiger partial charge in [0.15, 0.2) is 0 Å². The maximum Gasteiger partial charge on any atom is 0.123 e. The van der Waals surface area contributed by atoms with Gasteiger partial charge in [0.1, 0.15) is 5.82 Å². The zero-order valence-electron chi connectivity index (χ0n) is 10.2. The van der Waals surface area contributed by atoms with Crippen LogP contribution in [-0.4, -0.2) is 11.4 Å². The van der Waals surface area contributed by atoms with Crippen LogP contribution in [0, 0.1) is 5.82 Å². The average Bonchev–Trinajstić information content (AvgIpc) is 3.02. The summed E-state index contributed by atoms with van der Waals surface area (Å²) in [7, 11) is 0. The minimum absolute atomic E-state index is 0.157. The Kier molecular flexibility index (Phi) is 3.43. The van der Waals surface area contributed by atoms with Gasteiger partial charge in [0.25, 0.3) is 0 Å². The number of hydrogen-bond donors (Lipinski definition) is 0. The van der Waals surface area contributed by atoms with Crippen molar-refractivity contribution in [2.24, 2.45) is 0 Å². The summed E-state index contributed by atoms with van der Waals surface area (Å²) in [5.74, 6) is -0.157. The molecule has 94 valence electrons. The van der Waals surface area contributed by atoms with E-state index >= 15 is 0 Å². The Bertz CT molecular complexity index is 492. The zero-order chi connectivity index (χ0) is 12.4. The molecule has 0 N–H and O–H groups in total. The Labute approximate surface area is 111 Å². The van der Waals surface area contributed by atoms with Gasteiger partial charge in [-0.3, -0.25) is 4.90 Å². The van der Waals surface area contributed by atoms with Crippen molar-refractivity contribution >= 4 is 11.3 Å². The number of rotatable bonds is 3. The number of halogens is 1. The number of benzene rings is 1. The molecule has 1 aromatic carbocycles. The molecule has 0 spiro atoms. The topological polar surface area (TPSA) is 3.24 Å². The molecule has 0 aliphatic carbocycles. The Morgan fingerprint density at radius 3 is 2.78 bits per heavy atom. The minimum Gasteiger partial charge on any atom is -0.291 e. The predicted octanol–water partition coefficient (Wildman–Crippen LogP) is 4.22. The first-order chi connectivity index (χ1) is 8.83. The van der Waals surface area contributed by atoms with Crippen molar-refractivity contribution in [3.8, 4) is 0 Å². The van der Waals surface area contributed by atoms with Crippen LogP contribution in [0.3, 0.4) is 0 Å². The van der Waals surface area contributed by atoms with Crippen LogP contribution in [0.4, 0.5) is 4.39 Å². The van der Waals surface area contributed by atoms with Crippen molar-refractivity contribution in [1.29, 1.82) is 0 Å². The zero-order valence-corrected chi connectivity index (χ0v) is 11.0. The Balaban J connectivity index is 1.73. The highest BCUT2D eigenvalue weighted by Gasteiger charge is 2.26. The van der Waals surface area contributed by atoms with E-state index < -0.39 is 0 Å². The molecule has 0 saturated carbocycles. The summed E-state index contributed by atoms with van der Waals surface area (Å²) in [4.78, 5) is 3.95. The molecular weight excluding hydrogens is 245 g/mol. The minimum atomic E-state index is -0.157. The maximum absolute atomic E-state index is 12.9. The molecule has 1 aliphatic heterocycles. The monoisotopic (exact) mass is 261 g/mol. The molecule has 1 unspecified atom stereocenters. The molecule has 1 atom stereocenters. The Morgan fingerprint density at radius 1 is 1.22 bits per heavy atom. The molecule has 1 aliphatic rings. The molecule has 0 amide bonds. The van der Waals surface area contributed by atoms with Gasteiger partial charge in [-0.1, -0.05) is 18.2 Å². The van der Waals surface area contributed by atoms with E-state index in [4.69, 9.17) is 0 Å². The SMILES string of the molecule is Fc1ccc(CN2CCCC2c2cccs2)cc1. The highest BCUT2D eigenvalue weighted by atomic mass is 32.1. The normalized spacial score (nSPS) is 20.4. The largest absolute Gasteiger partial charge is 0.291 e. The standard InChI is InChI=1S/C15H16FNS/c16-13-7-5-12(6-8-13)11-17-9-1-3-14(17)15-4-2-10-18-15/h2,4-8,10,14H,1,3,9,11H2. The van der Waals surface area contributed by atoms with Crippen molar-refractivity contribution < 1.29 is 4.39 Å². The fourth-order valence-electron chi connectivity index (χ4n) is 2.64. The van der Waals surface area contributed by atoms with Crippen LogP contribution >= 0.6 is 11.3 Å². The van der Waals surface area contributed by atoms with Crippen molar-refractivity contribution in [1.82, 2.24) is 4.90 Å². The third-order valence-electron chi connectivity index (χ3n) is 3.53. The van der Waals surface area contributed by atoms with E-state index in [9.17, 15) is 4.39 Å². The molecule has 2 aromatic rings. The van der Waals surface area contributed by atoms with Gasteiger partial charge in [-0.15, -0.1) is 11.3 Å². The van der Waals surface area contributed by atoms with Gasteiger partial charge in [-0.2, -0.15) is 0 Å². The summed E-state index contributed by atoms with van der Waals surface area (Å²) in [5, 5.41) is 2.14. The molecule has 1 aromatic heterocycles. The fourth-order valence-corrected chi connectivity index (χ4v) is 3.54. The van der Waals surface area contributed by atoms with Gasteiger partial charge in [-0.25, -0.2) is 4.39 Å². The molecule has 0 radical (unpaired) electrons. The predicted molar refractivity (Wildman–Crippen MR) is 73.1 cm³/mol. The first kappa shape index (κ1) is 11.9. The van der Waals surface area contributed by atoms with E-state index in [2.05, 4.69) is 22.4 Å². The molecule has 0 bridgehead atoms. The fraction of sp³-hybridized carbons (Fsp3) is 0.333. The lowest BCUT2D eigenvalue weighted by Gasteiger charge is -2.23. The maximum atomic E-state index is 12.9. The second kappa shape index (κ2) is 5.21. The van der Waals surface area contributed by atoms with E-state index in [-0.39, 0.29) is 5.82 Å². The van der Waals surface area contributed by atoms with Crippen LogP contribution in [0.2, 0.25) is 0 Å². The summed E-state index contributed by atoms with van der Waals surface area (Å²) in [6.45, 7) is 2.06. The van der Waals surface area contributed by atoms with Gasteiger partial charge in [0.05, 0.1) is 0 Å². The van der Waals surface area contributed by atoms with E-state index in [1.807, 2.05) is 23.5 Å². The Hall–Kier alpha value is -1.19. The van der Waals surface area contributed by atoms with Crippen LogP contribution in [0.15, 0.2) is 41.8 Å². The van der Waals surface area contributed by atoms with Gasteiger partial charge in [0, 0.05) is 17.5 Å². The third kappa shape index (κ3) is 2.47. The van der Waals surface area contributed by atoms with Crippen LogP contribution in [0.25, 0.3) is 0 Å². The molecule has 1 nitrogen and oxygen atoms in total. The van der Waals surface area contributed by atoms with Gasteiger partial charge in [-0.05, 0) is 48.5 Å². The molecule has 1 fully saturated rings. The summed E-state index contributed by atoms with van der Waals surface area (Å²) < 4.78 is 12.9. The number of thiophene rings is 1. The second-order valence-corrected chi connectivity index (χ2v) is 5.75. The lowest BCUT2D eigenvalue weighted by Crippen LogP contribution is -2.22. The molecule has 1 saturated heterocycles. The molecule has 3 heteroatoms. The molecule has 2 heterocycles. The number of nitrogens with zero attached hydrogens (tertiary/aromatic N) is 1. The first-order valence-corrected chi connectivity index (χ1v) is 7.23. The Morgan fingerprint density at radius 2 is 2.06 bits per heavy atom. The summed E-state index contributed by atoms with van der Waals surface area (Å²) >= 11 is 1.84.